The van der Waals surface area contributed by atoms with Crippen LogP contribution in [0.3, 0.4) is 0 Å². The summed E-state index contributed by atoms with van der Waals surface area (Å²) < 4.78 is 0. The Morgan fingerprint density at radius 1 is 0.818 bits per heavy atom. The van der Waals surface area contributed by atoms with Crippen molar-refractivity contribution in [3.63, 3.8) is 0 Å². The summed E-state index contributed by atoms with van der Waals surface area (Å²) in [5, 5.41) is 0. The quantitative estimate of drug-likeness (QED) is 0.679. The molecule has 68 valence electrons. The van der Waals surface area contributed by atoms with Crippen molar-refractivity contribution in [2.75, 3.05) is 0 Å². The molecule has 0 fully saturated rings. The van der Waals surface area contributed by atoms with Crippen LogP contribution >= 0.6 is 31.9 Å². The second-order valence-corrected chi connectivity index (χ2v) is 6.43. The van der Waals surface area contributed by atoms with Gasteiger partial charge in [-0.25, -0.2) is 0 Å². The van der Waals surface area contributed by atoms with E-state index in [1.165, 1.54) is 6.42 Å². The molecule has 0 N–H and O–H groups in total. The van der Waals surface area contributed by atoms with E-state index in [1.807, 2.05) is 0 Å². The summed E-state index contributed by atoms with van der Waals surface area (Å²) in [6, 6.07) is 0. The smallest absolute Gasteiger partial charge is 0.0143 e. The fourth-order valence-corrected chi connectivity index (χ4v) is 1.39. The van der Waals surface area contributed by atoms with Gasteiger partial charge in [-0.2, -0.15) is 0 Å². The first-order valence-corrected chi connectivity index (χ1v) is 6.06. The molecular weight excluding hydrogens is 268 g/mol. The number of hydrogen-bond acceptors (Lipinski definition) is 0. The Morgan fingerprint density at radius 3 is 1.27 bits per heavy atom. The van der Waals surface area contributed by atoms with Gasteiger partial charge in [-0.1, -0.05) is 59.6 Å². The molecule has 0 aliphatic heterocycles. The van der Waals surface area contributed by atoms with Crippen molar-refractivity contribution in [2.45, 2.75) is 43.8 Å². The fourth-order valence-electron chi connectivity index (χ4n) is 0.961. The van der Waals surface area contributed by atoms with Gasteiger partial charge in [0.15, 0.2) is 0 Å². The minimum atomic E-state index is 0.635. The lowest BCUT2D eigenvalue weighted by Crippen LogP contribution is -2.15. The second kappa shape index (κ2) is 5.58. The molecule has 4 atom stereocenters. The van der Waals surface area contributed by atoms with Gasteiger partial charge in [0.1, 0.15) is 0 Å². The van der Waals surface area contributed by atoms with Crippen LogP contribution in [0.5, 0.6) is 0 Å². The molecule has 0 aliphatic rings. The highest BCUT2D eigenvalue weighted by Crippen LogP contribution is 2.24. The van der Waals surface area contributed by atoms with E-state index in [0.29, 0.717) is 9.65 Å². The molecule has 2 heteroatoms. The van der Waals surface area contributed by atoms with Crippen LogP contribution in [-0.4, -0.2) is 9.65 Å². The molecule has 0 aromatic heterocycles. The third-order valence-corrected chi connectivity index (χ3v) is 4.12. The zero-order valence-electron chi connectivity index (χ0n) is 7.77. The third kappa shape index (κ3) is 5.24. The van der Waals surface area contributed by atoms with Gasteiger partial charge in [0.2, 0.25) is 0 Å². The van der Waals surface area contributed by atoms with Crippen molar-refractivity contribution in [1.82, 2.24) is 0 Å². The van der Waals surface area contributed by atoms with E-state index in [-0.39, 0.29) is 0 Å². The van der Waals surface area contributed by atoms with E-state index in [2.05, 4.69) is 59.6 Å². The summed E-state index contributed by atoms with van der Waals surface area (Å²) in [7, 11) is 0. The van der Waals surface area contributed by atoms with Crippen molar-refractivity contribution in [3.05, 3.63) is 0 Å². The molecule has 0 heterocycles. The monoisotopic (exact) mass is 284 g/mol. The molecule has 0 amide bonds. The average molecular weight is 286 g/mol. The van der Waals surface area contributed by atoms with Crippen molar-refractivity contribution in [1.29, 1.82) is 0 Å². The summed E-state index contributed by atoms with van der Waals surface area (Å²) in [6.07, 6.45) is 1.29. The molecule has 0 aromatic carbocycles. The Bertz CT molecular complexity index is 87.7. The normalized spacial score (nSPS) is 22.4. The van der Waals surface area contributed by atoms with Crippen LogP contribution in [0.4, 0.5) is 0 Å². The minimum Gasteiger partial charge on any atom is -0.0891 e. The molecule has 4 unspecified atom stereocenters. The van der Waals surface area contributed by atoms with E-state index >= 15 is 0 Å². The third-order valence-electron chi connectivity index (χ3n) is 2.31. The van der Waals surface area contributed by atoms with Crippen LogP contribution in [0.25, 0.3) is 0 Å². The lowest BCUT2D eigenvalue weighted by Gasteiger charge is -2.20. The van der Waals surface area contributed by atoms with Crippen LogP contribution in [-0.2, 0) is 0 Å². The predicted octanol–water partition coefficient (Wildman–Crippen LogP) is 4.22. The predicted molar refractivity (Wildman–Crippen MR) is 59.7 cm³/mol. The molecule has 0 nitrogen and oxygen atoms in total. The maximum absolute atomic E-state index is 3.60. The Kier molecular flexibility index (Phi) is 6.07. The number of alkyl halides is 2. The minimum absolute atomic E-state index is 0.635. The molecule has 0 rings (SSSR count). The summed E-state index contributed by atoms with van der Waals surface area (Å²) in [5.41, 5.74) is 0. The zero-order chi connectivity index (χ0) is 9.02. The summed E-state index contributed by atoms with van der Waals surface area (Å²) in [6.45, 7) is 9.03. The molecule has 0 radical (unpaired) electrons. The first-order valence-electron chi connectivity index (χ1n) is 4.23. The van der Waals surface area contributed by atoms with Crippen molar-refractivity contribution >= 4 is 31.9 Å². The molecule has 0 bridgehead atoms. The molecule has 0 aliphatic carbocycles. The highest BCUT2D eigenvalue weighted by molar-refractivity contribution is 9.09. The summed E-state index contributed by atoms with van der Waals surface area (Å²) in [5.74, 6) is 1.54. The zero-order valence-corrected chi connectivity index (χ0v) is 10.9. The van der Waals surface area contributed by atoms with Gasteiger partial charge in [-0.05, 0) is 18.3 Å². The maximum atomic E-state index is 3.60. The van der Waals surface area contributed by atoms with Gasteiger partial charge in [0.25, 0.3) is 0 Å². The van der Waals surface area contributed by atoms with Crippen molar-refractivity contribution in [2.24, 2.45) is 11.8 Å². The standard InChI is InChI=1S/C9H18Br2/c1-6(8(3)10)5-7(2)9(4)11/h6-9H,5H2,1-4H3. The fraction of sp³-hybridized carbons (Fsp3) is 1.00. The number of halogens is 2. The van der Waals surface area contributed by atoms with Crippen molar-refractivity contribution in [3.8, 4) is 0 Å². The van der Waals surface area contributed by atoms with Gasteiger partial charge < -0.3 is 0 Å². The van der Waals surface area contributed by atoms with Crippen molar-refractivity contribution < 1.29 is 0 Å². The lowest BCUT2D eigenvalue weighted by molar-refractivity contribution is 0.416. The van der Waals surface area contributed by atoms with Crippen LogP contribution in [0, 0.1) is 11.8 Å². The largest absolute Gasteiger partial charge is 0.0891 e. The SMILES string of the molecule is CC(Br)C(C)CC(C)C(C)Br. The van der Waals surface area contributed by atoms with E-state index in [4.69, 9.17) is 0 Å². The molecule has 0 saturated heterocycles. The Balaban J connectivity index is 3.66. The van der Waals surface area contributed by atoms with Crippen LogP contribution in [0.15, 0.2) is 0 Å². The van der Waals surface area contributed by atoms with Crippen LogP contribution in [0.2, 0.25) is 0 Å². The van der Waals surface area contributed by atoms with Gasteiger partial charge in [-0.15, -0.1) is 0 Å². The van der Waals surface area contributed by atoms with Gasteiger partial charge >= 0.3 is 0 Å². The van der Waals surface area contributed by atoms with E-state index in [9.17, 15) is 0 Å². The molecule has 0 saturated carbocycles. The Labute approximate surface area is 87.4 Å². The lowest BCUT2D eigenvalue weighted by atomic mass is 9.94. The van der Waals surface area contributed by atoms with E-state index < -0.39 is 0 Å². The highest BCUT2D eigenvalue weighted by atomic mass is 79.9. The molecular formula is C9H18Br2. The Hall–Kier alpha value is 0.960. The molecule has 0 spiro atoms. The van der Waals surface area contributed by atoms with E-state index in [0.717, 1.165) is 11.8 Å². The first-order chi connectivity index (χ1) is 4.95. The van der Waals surface area contributed by atoms with Crippen LogP contribution in [0.1, 0.15) is 34.1 Å². The maximum Gasteiger partial charge on any atom is 0.0143 e. The first kappa shape index (κ1) is 12.0. The molecule has 0 aromatic rings. The summed E-state index contributed by atoms with van der Waals surface area (Å²) in [4.78, 5) is 1.27. The molecule has 11 heavy (non-hydrogen) atoms. The van der Waals surface area contributed by atoms with Gasteiger partial charge in [0, 0.05) is 9.65 Å². The van der Waals surface area contributed by atoms with Gasteiger partial charge in [0.05, 0.1) is 0 Å². The number of hydrogen-bond donors (Lipinski definition) is 0. The van der Waals surface area contributed by atoms with Crippen LogP contribution < -0.4 is 0 Å². The summed E-state index contributed by atoms with van der Waals surface area (Å²) >= 11 is 7.20. The Morgan fingerprint density at radius 2 is 1.09 bits per heavy atom. The van der Waals surface area contributed by atoms with Gasteiger partial charge in [-0.3, -0.25) is 0 Å². The van der Waals surface area contributed by atoms with E-state index in [1.54, 1.807) is 0 Å². The highest BCUT2D eigenvalue weighted by Gasteiger charge is 2.15. The average Bonchev–Trinajstić information content (AvgIpc) is 1.87. The second-order valence-electron chi connectivity index (χ2n) is 3.55. The topological polar surface area (TPSA) is 0 Å². The number of rotatable bonds is 4.